The number of likely N-dealkylation sites (tertiary alicyclic amines) is 1. The van der Waals surface area contributed by atoms with Crippen LogP contribution in [-0.4, -0.2) is 37.1 Å². The summed E-state index contributed by atoms with van der Waals surface area (Å²) in [6.07, 6.45) is 2.48. The Morgan fingerprint density at radius 3 is 2.85 bits per heavy atom. The van der Waals surface area contributed by atoms with Crippen molar-refractivity contribution in [1.29, 1.82) is 0 Å². The van der Waals surface area contributed by atoms with Gasteiger partial charge in [-0.25, -0.2) is 0 Å². The van der Waals surface area contributed by atoms with E-state index in [9.17, 15) is 4.79 Å². The molecule has 0 spiro atoms. The van der Waals surface area contributed by atoms with E-state index in [-0.39, 0.29) is 12.0 Å². The Bertz CT molecular complexity index is 182. The first-order valence-electron chi connectivity index (χ1n) is 4.97. The van der Waals surface area contributed by atoms with E-state index in [1.807, 2.05) is 6.92 Å². The highest BCUT2D eigenvalue weighted by atomic mass is 16.5. The third-order valence-corrected chi connectivity index (χ3v) is 2.78. The molecule has 3 nitrogen and oxygen atoms in total. The first-order chi connectivity index (χ1) is 6.15. The molecule has 13 heavy (non-hydrogen) atoms. The van der Waals surface area contributed by atoms with E-state index in [1.54, 1.807) is 0 Å². The molecule has 1 fully saturated rings. The number of rotatable bonds is 2. The average Bonchev–Trinajstić information content (AvgIpc) is 2.15. The lowest BCUT2D eigenvalue weighted by Gasteiger charge is -2.33. The molecule has 0 aromatic heterocycles. The van der Waals surface area contributed by atoms with Crippen molar-refractivity contribution in [3.05, 3.63) is 0 Å². The number of hydrogen-bond acceptors (Lipinski definition) is 3. The van der Waals surface area contributed by atoms with E-state index in [0.29, 0.717) is 5.92 Å². The molecule has 0 unspecified atom stereocenters. The summed E-state index contributed by atoms with van der Waals surface area (Å²) in [6, 6.07) is -0.0762. The fraction of sp³-hybridized carbons (Fsp3) is 0.900. The summed E-state index contributed by atoms with van der Waals surface area (Å²) in [6.45, 7) is 6.21. The number of methoxy groups -OCH3 is 1. The van der Waals surface area contributed by atoms with Crippen LogP contribution in [0.4, 0.5) is 0 Å². The van der Waals surface area contributed by atoms with Crippen LogP contribution in [0.5, 0.6) is 0 Å². The number of carbonyl (C=O) groups excluding carboxylic acids is 1. The van der Waals surface area contributed by atoms with Crippen LogP contribution in [0.1, 0.15) is 26.7 Å². The van der Waals surface area contributed by atoms with Gasteiger partial charge < -0.3 is 4.74 Å². The highest BCUT2D eigenvalue weighted by Crippen LogP contribution is 2.17. The first-order valence-corrected chi connectivity index (χ1v) is 4.97. The molecule has 1 rings (SSSR count). The minimum Gasteiger partial charge on any atom is -0.468 e. The molecular formula is C10H19NO2. The van der Waals surface area contributed by atoms with Gasteiger partial charge in [-0.1, -0.05) is 6.92 Å². The van der Waals surface area contributed by atoms with Crippen LogP contribution >= 0.6 is 0 Å². The number of piperidine rings is 1. The second-order valence-electron chi connectivity index (χ2n) is 3.94. The fourth-order valence-corrected chi connectivity index (χ4v) is 1.90. The molecule has 0 bridgehead atoms. The number of ether oxygens (including phenoxy) is 1. The molecular weight excluding hydrogens is 166 g/mol. The van der Waals surface area contributed by atoms with Crippen LogP contribution in [0.3, 0.4) is 0 Å². The molecule has 1 aliphatic rings. The van der Waals surface area contributed by atoms with Crippen LogP contribution in [0, 0.1) is 5.92 Å². The number of nitrogens with zero attached hydrogens (tertiary/aromatic N) is 1. The summed E-state index contributed by atoms with van der Waals surface area (Å²) in [5, 5.41) is 0. The Balaban J connectivity index is 2.45. The maximum absolute atomic E-state index is 11.3. The highest BCUT2D eigenvalue weighted by Gasteiger charge is 2.25. The van der Waals surface area contributed by atoms with Gasteiger partial charge >= 0.3 is 5.97 Å². The maximum atomic E-state index is 11.3. The second kappa shape index (κ2) is 4.61. The normalized spacial score (nSPS) is 26.8. The molecule has 0 N–H and O–H groups in total. The van der Waals surface area contributed by atoms with E-state index in [4.69, 9.17) is 4.74 Å². The molecule has 1 aliphatic heterocycles. The zero-order valence-corrected chi connectivity index (χ0v) is 8.75. The Morgan fingerprint density at radius 1 is 1.62 bits per heavy atom. The van der Waals surface area contributed by atoms with E-state index < -0.39 is 0 Å². The van der Waals surface area contributed by atoms with Crippen molar-refractivity contribution in [2.45, 2.75) is 32.7 Å². The van der Waals surface area contributed by atoms with Gasteiger partial charge in [0.15, 0.2) is 0 Å². The number of carbonyl (C=O) groups is 1. The van der Waals surface area contributed by atoms with Crippen LogP contribution in [0.2, 0.25) is 0 Å². The zero-order valence-electron chi connectivity index (χ0n) is 8.75. The monoisotopic (exact) mass is 185 g/mol. The van der Waals surface area contributed by atoms with Gasteiger partial charge in [0.25, 0.3) is 0 Å². The van der Waals surface area contributed by atoms with E-state index in [1.165, 1.54) is 20.0 Å². The van der Waals surface area contributed by atoms with Crippen molar-refractivity contribution in [2.75, 3.05) is 20.2 Å². The largest absolute Gasteiger partial charge is 0.468 e. The van der Waals surface area contributed by atoms with Gasteiger partial charge in [0.05, 0.1) is 7.11 Å². The molecule has 0 saturated carbocycles. The SMILES string of the molecule is COC(=O)[C@@H](C)N1CCC[C@H](C)C1. The molecule has 3 heteroatoms. The van der Waals surface area contributed by atoms with Gasteiger partial charge in [-0.15, -0.1) is 0 Å². The Kier molecular flexibility index (Phi) is 3.72. The maximum Gasteiger partial charge on any atom is 0.322 e. The summed E-state index contributed by atoms with van der Waals surface area (Å²) < 4.78 is 4.72. The lowest BCUT2D eigenvalue weighted by atomic mass is 9.99. The zero-order chi connectivity index (χ0) is 9.84. The molecule has 1 saturated heterocycles. The predicted octanol–water partition coefficient (Wildman–Crippen LogP) is 1.28. The quantitative estimate of drug-likeness (QED) is 0.607. The Labute approximate surface area is 80.1 Å². The number of hydrogen-bond donors (Lipinski definition) is 0. The topological polar surface area (TPSA) is 29.5 Å². The van der Waals surface area contributed by atoms with Gasteiger partial charge in [0, 0.05) is 6.54 Å². The minimum atomic E-state index is -0.117. The van der Waals surface area contributed by atoms with Crippen LogP contribution in [-0.2, 0) is 9.53 Å². The van der Waals surface area contributed by atoms with Crippen LogP contribution < -0.4 is 0 Å². The van der Waals surface area contributed by atoms with Gasteiger partial charge in [-0.2, -0.15) is 0 Å². The smallest absolute Gasteiger partial charge is 0.322 e. The molecule has 0 aliphatic carbocycles. The minimum absolute atomic E-state index is 0.0762. The Morgan fingerprint density at radius 2 is 2.31 bits per heavy atom. The van der Waals surface area contributed by atoms with Crippen LogP contribution in [0.25, 0.3) is 0 Å². The molecule has 0 aromatic rings. The third-order valence-electron chi connectivity index (χ3n) is 2.78. The van der Waals surface area contributed by atoms with Gasteiger partial charge in [0.2, 0.25) is 0 Å². The van der Waals surface area contributed by atoms with Gasteiger partial charge in [-0.3, -0.25) is 9.69 Å². The second-order valence-corrected chi connectivity index (χ2v) is 3.94. The van der Waals surface area contributed by atoms with Gasteiger partial charge in [-0.05, 0) is 32.2 Å². The van der Waals surface area contributed by atoms with E-state index in [0.717, 1.165) is 13.1 Å². The Hall–Kier alpha value is -0.570. The molecule has 2 atom stereocenters. The summed E-state index contributed by atoms with van der Waals surface area (Å²) >= 11 is 0. The standard InChI is InChI=1S/C10H19NO2/c1-8-5-4-6-11(7-8)9(2)10(12)13-3/h8-9H,4-7H2,1-3H3/t8-,9+/m0/s1. The molecule has 76 valence electrons. The molecule has 0 radical (unpaired) electrons. The van der Waals surface area contributed by atoms with Crippen molar-refractivity contribution in [3.8, 4) is 0 Å². The third kappa shape index (κ3) is 2.69. The predicted molar refractivity (Wildman–Crippen MR) is 51.4 cm³/mol. The lowest BCUT2D eigenvalue weighted by Crippen LogP contribution is -2.45. The summed E-state index contributed by atoms with van der Waals surface area (Å²) in [5.41, 5.74) is 0. The van der Waals surface area contributed by atoms with Crippen molar-refractivity contribution < 1.29 is 9.53 Å². The highest BCUT2D eigenvalue weighted by molar-refractivity contribution is 5.75. The fourth-order valence-electron chi connectivity index (χ4n) is 1.90. The molecule has 1 heterocycles. The van der Waals surface area contributed by atoms with Gasteiger partial charge in [0.1, 0.15) is 6.04 Å². The summed E-state index contributed by atoms with van der Waals surface area (Å²) in [4.78, 5) is 13.5. The van der Waals surface area contributed by atoms with E-state index >= 15 is 0 Å². The summed E-state index contributed by atoms with van der Waals surface area (Å²) in [7, 11) is 1.45. The van der Waals surface area contributed by atoms with Crippen molar-refractivity contribution in [2.24, 2.45) is 5.92 Å². The summed E-state index contributed by atoms with van der Waals surface area (Å²) in [5.74, 6) is 0.593. The lowest BCUT2D eigenvalue weighted by molar-refractivity contribution is -0.147. The molecule has 0 aromatic carbocycles. The van der Waals surface area contributed by atoms with Crippen molar-refractivity contribution >= 4 is 5.97 Å². The number of esters is 1. The van der Waals surface area contributed by atoms with Crippen molar-refractivity contribution in [3.63, 3.8) is 0 Å². The first kappa shape index (κ1) is 10.5. The van der Waals surface area contributed by atoms with Crippen LogP contribution in [0.15, 0.2) is 0 Å². The van der Waals surface area contributed by atoms with E-state index in [2.05, 4.69) is 11.8 Å². The van der Waals surface area contributed by atoms with Crippen molar-refractivity contribution in [1.82, 2.24) is 4.90 Å². The molecule has 0 amide bonds. The average molecular weight is 185 g/mol.